The number of benzene rings is 1. The molecule has 0 aliphatic heterocycles. The van der Waals surface area contributed by atoms with Gasteiger partial charge in [0, 0.05) is 23.8 Å². The van der Waals surface area contributed by atoms with E-state index in [2.05, 4.69) is 11.1 Å². The number of hydrogen-bond donors (Lipinski definition) is 0. The minimum absolute atomic E-state index is 0.0591. The minimum atomic E-state index is -2.82. The molecule has 1 aromatic carbocycles. The Bertz CT molecular complexity index is 675. The zero-order valence-corrected chi connectivity index (χ0v) is 13.5. The fraction of sp³-hybridized carbons (Fsp3) is 0.333. The van der Waals surface area contributed by atoms with Crippen LogP contribution < -0.4 is 0 Å². The van der Waals surface area contributed by atoms with Crippen molar-refractivity contribution in [3.05, 3.63) is 64.9 Å². The first-order chi connectivity index (χ1) is 10.8. The van der Waals surface area contributed by atoms with Crippen molar-refractivity contribution in [3.63, 3.8) is 0 Å². The maximum atomic E-state index is 13.4. The first kappa shape index (κ1) is 17.4. The van der Waals surface area contributed by atoms with Crippen LogP contribution in [0.1, 0.15) is 30.9 Å². The van der Waals surface area contributed by atoms with Gasteiger partial charge in [-0.3, -0.25) is 4.98 Å². The molecule has 0 fully saturated rings. The molecule has 23 heavy (non-hydrogen) atoms. The SMILES string of the molecule is CC(F)(F)CCC(C#N)(Cc1cccnc1)c1ccc(Cl)cc1. The van der Waals surface area contributed by atoms with Crippen LogP contribution in [0.15, 0.2) is 48.8 Å². The van der Waals surface area contributed by atoms with E-state index in [4.69, 9.17) is 11.6 Å². The quantitative estimate of drug-likeness (QED) is 0.730. The van der Waals surface area contributed by atoms with Crippen molar-refractivity contribution >= 4 is 11.6 Å². The molecule has 0 radical (unpaired) electrons. The van der Waals surface area contributed by atoms with Gasteiger partial charge in [-0.05, 0) is 49.1 Å². The molecule has 2 aromatic rings. The number of alkyl halides is 2. The molecule has 0 saturated heterocycles. The van der Waals surface area contributed by atoms with Crippen LogP contribution in [-0.2, 0) is 11.8 Å². The van der Waals surface area contributed by atoms with Crippen LogP contribution in [0.2, 0.25) is 5.02 Å². The molecule has 0 saturated carbocycles. The second kappa shape index (κ2) is 7.06. The Balaban J connectivity index is 2.39. The maximum absolute atomic E-state index is 13.4. The maximum Gasteiger partial charge on any atom is 0.245 e. The van der Waals surface area contributed by atoms with Gasteiger partial charge in [-0.2, -0.15) is 5.26 Å². The van der Waals surface area contributed by atoms with Gasteiger partial charge in [0.25, 0.3) is 0 Å². The number of rotatable bonds is 6. The lowest BCUT2D eigenvalue weighted by molar-refractivity contribution is 0.00671. The third-order valence-corrected chi connectivity index (χ3v) is 4.08. The second-order valence-corrected chi connectivity index (χ2v) is 6.25. The smallest absolute Gasteiger partial charge is 0.245 e. The van der Waals surface area contributed by atoms with Gasteiger partial charge in [0.1, 0.15) is 0 Å². The first-order valence-electron chi connectivity index (χ1n) is 7.29. The van der Waals surface area contributed by atoms with Crippen LogP contribution in [0.5, 0.6) is 0 Å². The van der Waals surface area contributed by atoms with Gasteiger partial charge >= 0.3 is 0 Å². The van der Waals surface area contributed by atoms with E-state index in [9.17, 15) is 14.0 Å². The van der Waals surface area contributed by atoms with Gasteiger partial charge in [-0.1, -0.05) is 29.8 Å². The molecular formula is C18H17ClF2N2. The first-order valence-corrected chi connectivity index (χ1v) is 7.66. The van der Waals surface area contributed by atoms with Crippen LogP contribution in [0, 0.1) is 11.3 Å². The van der Waals surface area contributed by atoms with E-state index >= 15 is 0 Å². The topological polar surface area (TPSA) is 36.7 Å². The zero-order chi connectivity index (χ0) is 16.9. The lowest BCUT2D eigenvalue weighted by Gasteiger charge is -2.28. The summed E-state index contributed by atoms with van der Waals surface area (Å²) >= 11 is 5.90. The van der Waals surface area contributed by atoms with Crippen LogP contribution in [-0.4, -0.2) is 10.9 Å². The van der Waals surface area contributed by atoms with E-state index < -0.39 is 11.3 Å². The molecule has 0 bridgehead atoms. The van der Waals surface area contributed by atoms with E-state index in [1.165, 1.54) is 0 Å². The van der Waals surface area contributed by atoms with Gasteiger partial charge < -0.3 is 0 Å². The van der Waals surface area contributed by atoms with Crippen molar-refractivity contribution < 1.29 is 8.78 Å². The number of hydrogen-bond acceptors (Lipinski definition) is 2. The molecule has 1 aromatic heterocycles. The molecule has 0 spiro atoms. The molecule has 1 atom stereocenters. The minimum Gasteiger partial charge on any atom is -0.264 e. The van der Waals surface area contributed by atoms with Gasteiger partial charge in [0.15, 0.2) is 0 Å². The van der Waals surface area contributed by atoms with E-state index in [1.54, 1.807) is 42.7 Å². The summed E-state index contributed by atoms with van der Waals surface area (Å²) in [6.45, 7) is 0.876. The summed E-state index contributed by atoms with van der Waals surface area (Å²) in [4.78, 5) is 4.04. The van der Waals surface area contributed by atoms with Crippen LogP contribution >= 0.6 is 11.6 Å². The third-order valence-electron chi connectivity index (χ3n) is 3.83. The molecule has 1 unspecified atom stereocenters. The number of pyridine rings is 1. The summed E-state index contributed by atoms with van der Waals surface area (Å²) in [6.07, 6.45) is 3.33. The standard InChI is InChI=1S/C18H17ClF2N2/c1-17(20,21)8-9-18(13-22,11-14-3-2-10-23-12-14)15-4-6-16(19)7-5-15/h2-7,10,12H,8-9,11H2,1H3. The van der Waals surface area contributed by atoms with Crippen molar-refractivity contribution in [1.82, 2.24) is 4.98 Å². The Hall–Kier alpha value is -1.99. The fourth-order valence-corrected chi connectivity index (χ4v) is 2.67. The van der Waals surface area contributed by atoms with E-state index in [0.717, 1.165) is 12.5 Å². The zero-order valence-electron chi connectivity index (χ0n) is 12.8. The Morgan fingerprint density at radius 3 is 2.39 bits per heavy atom. The second-order valence-electron chi connectivity index (χ2n) is 5.81. The highest BCUT2D eigenvalue weighted by molar-refractivity contribution is 6.30. The highest BCUT2D eigenvalue weighted by Gasteiger charge is 2.36. The summed E-state index contributed by atoms with van der Waals surface area (Å²) in [6, 6.07) is 12.7. The number of nitriles is 1. The molecular weight excluding hydrogens is 318 g/mol. The van der Waals surface area contributed by atoms with Gasteiger partial charge in [-0.15, -0.1) is 0 Å². The van der Waals surface area contributed by atoms with Crippen molar-refractivity contribution in [1.29, 1.82) is 5.26 Å². The van der Waals surface area contributed by atoms with E-state index in [1.807, 2.05) is 6.07 Å². The number of nitrogens with zero attached hydrogens (tertiary/aromatic N) is 2. The number of aromatic nitrogens is 1. The molecule has 0 aliphatic rings. The summed E-state index contributed by atoms with van der Waals surface area (Å²) in [5, 5.41) is 10.4. The fourth-order valence-electron chi connectivity index (χ4n) is 2.55. The molecule has 0 amide bonds. The van der Waals surface area contributed by atoms with Crippen molar-refractivity contribution in [2.24, 2.45) is 0 Å². The Kier molecular flexibility index (Phi) is 5.33. The monoisotopic (exact) mass is 334 g/mol. The van der Waals surface area contributed by atoms with E-state index in [-0.39, 0.29) is 12.8 Å². The molecule has 0 aliphatic carbocycles. The van der Waals surface area contributed by atoms with Crippen molar-refractivity contribution in [3.8, 4) is 6.07 Å². The average molecular weight is 335 g/mol. The van der Waals surface area contributed by atoms with Crippen molar-refractivity contribution in [2.75, 3.05) is 0 Å². The molecule has 2 rings (SSSR count). The predicted octanol–water partition coefficient (Wildman–Crippen LogP) is 5.17. The van der Waals surface area contributed by atoms with Gasteiger partial charge in [0.05, 0.1) is 11.5 Å². The molecule has 1 heterocycles. The summed E-state index contributed by atoms with van der Waals surface area (Å²) in [7, 11) is 0. The van der Waals surface area contributed by atoms with E-state index in [0.29, 0.717) is 17.0 Å². The highest BCUT2D eigenvalue weighted by atomic mass is 35.5. The summed E-state index contributed by atoms with van der Waals surface area (Å²) in [5.74, 6) is -2.82. The Morgan fingerprint density at radius 1 is 1.17 bits per heavy atom. The lowest BCUT2D eigenvalue weighted by atomic mass is 9.73. The molecule has 0 N–H and O–H groups in total. The van der Waals surface area contributed by atoms with Gasteiger partial charge in [0.2, 0.25) is 5.92 Å². The Morgan fingerprint density at radius 2 is 1.87 bits per heavy atom. The normalized spacial score (nSPS) is 14.0. The predicted molar refractivity (Wildman–Crippen MR) is 86.5 cm³/mol. The lowest BCUT2D eigenvalue weighted by Crippen LogP contribution is -2.29. The summed E-state index contributed by atoms with van der Waals surface area (Å²) < 4.78 is 26.7. The largest absolute Gasteiger partial charge is 0.264 e. The van der Waals surface area contributed by atoms with Crippen LogP contribution in [0.3, 0.4) is 0 Å². The summed E-state index contributed by atoms with van der Waals surface area (Å²) in [5.41, 5.74) is 0.494. The molecule has 120 valence electrons. The highest BCUT2D eigenvalue weighted by Crippen LogP contribution is 2.36. The third kappa shape index (κ3) is 4.74. The average Bonchev–Trinajstić information content (AvgIpc) is 2.52. The van der Waals surface area contributed by atoms with Crippen LogP contribution in [0.25, 0.3) is 0 Å². The van der Waals surface area contributed by atoms with Gasteiger partial charge in [-0.25, -0.2) is 8.78 Å². The Labute approximate surface area is 139 Å². The molecule has 5 heteroatoms. The van der Waals surface area contributed by atoms with Crippen LogP contribution in [0.4, 0.5) is 8.78 Å². The van der Waals surface area contributed by atoms with Crippen molar-refractivity contribution in [2.45, 2.75) is 37.5 Å². The number of halogens is 3. The molecule has 2 nitrogen and oxygen atoms in total.